The quantitative estimate of drug-likeness (QED) is 0.254. The van der Waals surface area contributed by atoms with Crippen molar-refractivity contribution in [1.82, 2.24) is 14.8 Å². The van der Waals surface area contributed by atoms with E-state index in [9.17, 15) is 9.59 Å². The van der Waals surface area contributed by atoms with Gasteiger partial charge in [-0.1, -0.05) is 68.4 Å². The fourth-order valence-corrected chi connectivity index (χ4v) is 5.42. The molecule has 5 aromatic rings. The van der Waals surface area contributed by atoms with Crippen molar-refractivity contribution in [2.45, 2.75) is 45.3 Å². The highest BCUT2D eigenvalue weighted by Crippen LogP contribution is 2.45. The van der Waals surface area contributed by atoms with Crippen LogP contribution in [-0.2, 0) is 16.9 Å². The second-order valence-corrected chi connectivity index (χ2v) is 10.7. The number of carbonyl (C=O) groups excluding carboxylic acids is 1. The average Bonchev–Trinajstić information content (AvgIpc) is 3.38. The lowest BCUT2D eigenvalue weighted by molar-refractivity contribution is -0.0489. The van der Waals surface area contributed by atoms with Crippen LogP contribution in [-0.4, -0.2) is 20.9 Å². The van der Waals surface area contributed by atoms with Gasteiger partial charge in [-0.05, 0) is 42.4 Å². The number of carbonyl (C=O) groups is 1. The van der Waals surface area contributed by atoms with E-state index in [0.29, 0.717) is 52.3 Å². The molecule has 40 heavy (non-hydrogen) atoms. The number of nitrogens with zero attached hydrogens (tertiary/aromatic N) is 3. The molecule has 6 rings (SSSR count). The van der Waals surface area contributed by atoms with E-state index in [1.807, 2.05) is 65.5 Å². The minimum Gasteiger partial charge on any atom is -0.453 e. The molecule has 0 atom stereocenters. The molecule has 3 aromatic heterocycles. The van der Waals surface area contributed by atoms with Gasteiger partial charge in [0, 0.05) is 30.1 Å². The molecule has 0 bridgehead atoms. The summed E-state index contributed by atoms with van der Waals surface area (Å²) < 4.78 is 14.0. The van der Waals surface area contributed by atoms with Crippen LogP contribution in [0.2, 0.25) is 0 Å². The van der Waals surface area contributed by atoms with Crippen LogP contribution in [0.4, 0.5) is 4.79 Å². The van der Waals surface area contributed by atoms with Crippen molar-refractivity contribution >= 4 is 17.1 Å². The van der Waals surface area contributed by atoms with E-state index >= 15 is 0 Å². The molecule has 202 valence electrons. The molecular weight excluding hydrogens is 504 g/mol. The molecule has 8 heteroatoms. The maximum atomic E-state index is 14.2. The Balaban J connectivity index is 1.52. The molecule has 0 unspecified atom stereocenters. The standard InChI is InChI=1S/C32H30N4O4/c1-20(2)18-36-19-23(17-35-36)27-30-25(13-16-34-27)28(37)26(29(39-30)22-7-4-3-5-8-22)21-9-11-24(12-10-21)32(14-6-15-32)40-31(33)38/h3-5,7-13,16-17,19-20H,6,14-15,18H2,1-2H3,(H2,33,38). The first-order valence-electron chi connectivity index (χ1n) is 13.5. The molecule has 1 fully saturated rings. The monoisotopic (exact) mass is 534 g/mol. The first kappa shape index (κ1) is 25.6. The van der Waals surface area contributed by atoms with Gasteiger partial charge < -0.3 is 14.9 Å². The summed E-state index contributed by atoms with van der Waals surface area (Å²) in [6, 6.07) is 18.8. The van der Waals surface area contributed by atoms with Crippen LogP contribution in [0.15, 0.2) is 88.5 Å². The van der Waals surface area contributed by atoms with E-state index in [1.165, 1.54) is 0 Å². The number of hydrogen-bond donors (Lipinski definition) is 1. The Morgan fingerprint density at radius 1 is 1.05 bits per heavy atom. The van der Waals surface area contributed by atoms with Crippen LogP contribution < -0.4 is 11.2 Å². The van der Waals surface area contributed by atoms with Crippen LogP contribution in [0.3, 0.4) is 0 Å². The van der Waals surface area contributed by atoms with E-state index in [0.717, 1.165) is 29.7 Å². The number of fused-ring (bicyclic) bond motifs is 1. The second kappa shape index (κ2) is 10.1. The molecule has 1 aliphatic rings. The van der Waals surface area contributed by atoms with Gasteiger partial charge in [0.15, 0.2) is 5.58 Å². The lowest BCUT2D eigenvalue weighted by atomic mass is 9.74. The maximum absolute atomic E-state index is 14.2. The molecule has 2 N–H and O–H groups in total. The van der Waals surface area contributed by atoms with E-state index < -0.39 is 11.7 Å². The van der Waals surface area contributed by atoms with Crippen molar-refractivity contribution in [3.8, 4) is 33.7 Å². The molecule has 2 aromatic carbocycles. The van der Waals surface area contributed by atoms with Crippen molar-refractivity contribution in [3.63, 3.8) is 0 Å². The third-order valence-electron chi connectivity index (χ3n) is 7.46. The SMILES string of the molecule is CC(C)Cn1cc(-c2nccc3c(=O)c(-c4ccc(C5(OC(N)=O)CCC5)cc4)c(-c4ccccc4)oc23)cn1. The smallest absolute Gasteiger partial charge is 0.405 e. The average molecular weight is 535 g/mol. The zero-order valence-corrected chi connectivity index (χ0v) is 22.5. The van der Waals surface area contributed by atoms with Crippen LogP contribution in [0.1, 0.15) is 38.7 Å². The molecule has 0 spiro atoms. The van der Waals surface area contributed by atoms with Crippen molar-refractivity contribution in [3.05, 3.63) is 95.0 Å². The summed E-state index contributed by atoms with van der Waals surface area (Å²) in [5.41, 5.74) is 9.05. The largest absolute Gasteiger partial charge is 0.453 e. The van der Waals surface area contributed by atoms with Crippen molar-refractivity contribution < 1.29 is 13.9 Å². The molecule has 0 radical (unpaired) electrons. The van der Waals surface area contributed by atoms with Gasteiger partial charge >= 0.3 is 6.09 Å². The van der Waals surface area contributed by atoms with Gasteiger partial charge in [0.25, 0.3) is 0 Å². The molecule has 1 amide bonds. The Bertz CT molecular complexity index is 1750. The molecule has 0 saturated heterocycles. The zero-order chi connectivity index (χ0) is 27.9. The Morgan fingerprint density at radius 2 is 1.80 bits per heavy atom. The number of rotatable bonds is 7. The van der Waals surface area contributed by atoms with E-state index in [1.54, 1.807) is 18.5 Å². The van der Waals surface area contributed by atoms with Gasteiger partial charge in [-0.2, -0.15) is 5.10 Å². The van der Waals surface area contributed by atoms with Gasteiger partial charge in [0.1, 0.15) is 17.1 Å². The van der Waals surface area contributed by atoms with E-state index in [-0.39, 0.29) is 5.43 Å². The normalized spacial score (nSPS) is 14.3. The molecule has 1 aliphatic carbocycles. The number of ether oxygens (including phenoxy) is 1. The molecular formula is C32H30N4O4. The molecule has 1 saturated carbocycles. The van der Waals surface area contributed by atoms with Crippen molar-refractivity contribution in [2.75, 3.05) is 0 Å². The van der Waals surface area contributed by atoms with Crippen LogP contribution in [0.5, 0.6) is 0 Å². The number of pyridine rings is 1. The molecule has 8 nitrogen and oxygen atoms in total. The van der Waals surface area contributed by atoms with Crippen LogP contribution >= 0.6 is 0 Å². The van der Waals surface area contributed by atoms with E-state index in [2.05, 4.69) is 23.9 Å². The minimum absolute atomic E-state index is 0.155. The predicted octanol–water partition coefficient (Wildman–Crippen LogP) is 6.52. The van der Waals surface area contributed by atoms with Crippen LogP contribution in [0, 0.1) is 5.92 Å². The Kier molecular flexibility index (Phi) is 6.46. The molecule has 3 heterocycles. The van der Waals surface area contributed by atoms with E-state index in [4.69, 9.17) is 14.9 Å². The minimum atomic E-state index is -0.788. The maximum Gasteiger partial charge on any atom is 0.405 e. The van der Waals surface area contributed by atoms with Gasteiger partial charge in [0.05, 0.1) is 17.1 Å². The Hall–Kier alpha value is -4.72. The summed E-state index contributed by atoms with van der Waals surface area (Å²) in [6.45, 7) is 5.04. The Labute approximate surface area is 231 Å². The third-order valence-corrected chi connectivity index (χ3v) is 7.46. The highest BCUT2D eigenvalue weighted by molar-refractivity contribution is 5.95. The van der Waals surface area contributed by atoms with Gasteiger partial charge in [-0.25, -0.2) is 4.79 Å². The summed E-state index contributed by atoms with van der Waals surface area (Å²) in [5.74, 6) is 0.896. The number of aromatic nitrogens is 3. The summed E-state index contributed by atoms with van der Waals surface area (Å²) in [6.07, 6.45) is 6.91. The highest BCUT2D eigenvalue weighted by atomic mass is 16.6. The summed E-state index contributed by atoms with van der Waals surface area (Å²) in [4.78, 5) is 30.3. The summed E-state index contributed by atoms with van der Waals surface area (Å²) in [7, 11) is 0. The fraction of sp³-hybridized carbons (Fsp3) is 0.250. The predicted molar refractivity (Wildman–Crippen MR) is 153 cm³/mol. The first-order valence-corrected chi connectivity index (χ1v) is 13.5. The highest BCUT2D eigenvalue weighted by Gasteiger charge is 2.42. The lowest BCUT2D eigenvalue weighted by Crippen LogP contribution is -2.40. The fourth-order valence-electron chi connectivity index (χ4n) is 5.42. The number of nitrogens with two attached hydrogens (primary N) is 1. The summed E-state index contributed by atoms with van der Waals surface area (Å²) >= 11 is 0. The molecule has 0 aliphatic heterocycles. The van der Waals surface area contributed by atoms with Gasteiger partial charge in [0.2, 0.25) is 5.43 Å². The summed E-state index contributed by atoms with van der Waals surface area (Å²) in [5, 5.41) is 4.92. The lowest BCUT2D eigenvalue weighted by Gasteiger charge is -2.40. The zero-order valence-electron chi connectivity index (χ0n) is 22.5. The van der Waals surface area contributed by atoms with Gasteiger partial charge in [-0.3, -0.25) is 14.5 Å². The van der Waals surface area contributed by atoms with Crippen LogP contribution in [0.25, 0.3) is 44.7 Å². The number of amides is 1. The second-order valence-electron chi connectivity index (χ2n) is 10.7. The van der Waals surface area contributed by atoms with Gasteiger partial charge in [-0.15, -0.1) is 0 Å². The Morgan fingerprint density at radius 3 is 2.45 bits per heavy atom. The number of benzene rings is 2. The number of hydrogen-bond acceptors (Lipinski definition) is 6. The third kappa shape index (κ3) is 4.55. The first-order chi connectivity index (χ1) is 19.3. The van der Waals surface area contributed by atoms with Crippen molar-refractivity contribution in [2.24, 2.45) is 11.7 Å². The topological polar surface area (TPSA) is 113 Å². The number of primary amides is 1. The van der Waals surface area contributed by atoms with Crippen molar-refractivity contribution in [1.29, 1.82) is 0 Å².